The molecule has 3 saturated heterocycles. The summed E-state index contributed by atoms with van der Waals surface area (Å²) in [7, 11) is 2.10. The molecule has 13 nitrogen and oxygen atoms in total. The molecule has 338 valence electrons. The second-order valence-electron chi connectivity index (χ2n) is 19.9. The lowest BCUT2D eigenvalue weighted by atomic mass is 9.84. The third kappa shape index (κ3) is 8.46. The van der Waals surface area contributed by atoms with Crippen molar-refractivity contribution in [2.24, 2.45) is 23.8 Å². The van der Waals surface area contributed by atoms with E-state index in [1.54, 1.807) is 9.80 Å². The van der Waals surface area contributed by atoms with E-state index in [0.29, 0.717) is 58.3 Å². The van der Waals surface area contributed by atoms with E-state index in [1.165, 1.54) is 11.1 Å². The average Bonchev–Trinajstić information content (AvgIpc) is 3.94. The molecular formula is C51H63N7O6. The van der Waals surface area contributed by atoms with Crippen LogP contribution < -0.4 is 10.7 Å². The highest BCUT2D eigenvalue weighted by Gasteiger charge is 2.54. The summed E-state index contributed by atoms with van der Waals surface area (Å²) in [6.07, 6.45) is 6.02. The Labute approximate surface area is 376 Å². The van der Waals surface area contributed by atoms with Gasteiger partial charge in [-0.15, -0.1) is 0 Å². The first-order valence-electron chi connectivity index (χ1n) is 22.9. The number of esters is 1. The molecule has 4 amide bonds. The molecule has 1 spiro atoms. The van der Waals surface area contributed by atoms with Gasteiger partial charge in [0, 0.05) is 67.7 Å². The largest absolute Gasteiger partial charge is 0.464 e. The van der Waals surface area contributed by atoms with E-state index in [9.17, 15) is 24.0 Å². The third-order valence-corrected chi connectivity index (χ3v) is 13.9. The molecule has 0 aliphatic carbocycles. The fourth-order valence-corrected chi connectivity index (χ4v) is 10.6. The number of benzene rings is 2. The van der Waals surface area contributed by atoms with E-state index in [1.807, 2.05) is 38.2 Å². The maximum absolute atomic E-state index is 14.7. The number of aryl methyl sites for hydroxylation is 1. The van der Waals surface area contributed by atoms with Gasteiger partial charge in [0.25, 0.3) is 5.91 Å². The highest BCUT2D eigenvalue weighted by Crippen LogP contribution is 2.43. The van der Waals surface area contributed by atoms with Gasteiger partial charge in [0.1, 0.15) is 18.1 Å². The van der Waals surface area contributed by atoms with E-state index in [2.05, 4.69) is 93.0 Å². The molecule has 8 rings (SSSR count). The van der Waals surface area contributed by atoms with E-state index in [-0.39, 0.29) is 42.6 Å². The molecule has 4 aliphatic rings. The Morgan fingerprint density at radius 1 is 0.984 bits per heavy atom. The van der Waals surface area contributed by atoms with Crippen LogP contribution in [0.5, 0.6) is 0 Å². The lowest BCUT2D eigenvalue weighted by Crippen LogP contribution is -2.62. The van der Waals surface area contributed by atoms with Gasteiger partial charge >= 0.3 is 5.97 Å². The van der Waals surface area contributed by atoms with Gasteiger partial charge in [-0.2, -0.15) is 0 Å². The Morgan fingerprint density at radius 2 is 1.75 bits per heavy atom. The van der Waals surface area contributed by atoms with E-state index < -0.39 is 40.8 Å². The Bertz CT molecular complexity index is 2510. The highest BCUT2D eigenvalue weighted by molar-refractivity contribution is 5.97. The van der Waals surface area contributed by atoms with Crippen LogP contribution in [0, 0.1) is 16.7 Å². The molecule has 1 unspecified atom stereocenters. The molecule has 0 saturated carbocycles. The summed E-state index contributed by atoms with van der Waals surface area (Å²) in [6.45, 7) is 17.6. The van der Waals surface area contributed by atoms with Crippen molar-refractivity contribution in [1.29, 1.82) is 0 Å². The van der Waals surface area contributed by atoms with Gasteiger partial charge in [0.05, 0.1) is 23.4 Å². The topological polar surface area (TPSA) is 146 Å². The Morgan fingerprint density at radius 3 is 2.50 bits per heavy atom. The normalized spacial score (nSPS) is 23.2. The number of rotatable bonds is 7. The minimum Gasteiger partial charge on any atom is -0.464 e. The van der Waals surface area contributed by atoms with Crippen LogP contribution in [0.3, 0.4) is 0 Å². The van der Waals surface area contributed by atoms with Crippen molar-refractivity contribution >= 4 is 40.5 Å². The van der Waals surface area contributed by atoms with Gasteiger partial charge < -0.3 is 24.4 Å². The van der Waals surface area contributed by atoms with Crippen LogP contribution >= 0.6 is 0 Å². The number of hydrogen-bond acceptors (Lipinski definition) is 8. The second kappa shape index (κ2) is 17.6. The number of aromatic nitrogens is 2. The number of hydrogen-bond donors (Lipinski definition) is 2. The molecule has 2 aromatic carbocycles. The van der Waals surface area contributed by atoms with E-state index in [0.717, 1.165) is 50.1 Å². The lowest BCUT2D eigenvalue weighted by molar-refractivity contribution is -0.155. The van der Waals surface area contributed by atoms with Crippen molar-refractivity contribution in [1.82, 2.24) is 35.1 Å². The van der Waals surface area contributed by atoms with Gasteiger partial charge in [0.2, 0.25) is 17.7 Å². The zero-order valence-electron chi connectivity index (χ0n) is 38.4. The van der Waals surface area contributed by atoms with E-state index in [4.69, 9.17) is 9.72 Å². The van der Waals surface area contributed by atoms with Gasteiger partial charge in [0.15, 0.2) is 0 Å². The number of ether oxygens (including phenoxy) is 1. The van der Waals surface area contributed by atoms with Crippen molar-refractivity contribution in [3.8, 4) is 22.4 Å². The smallest absolute Gasteiger partial charge is 0.324 e. The predicted molar refractivity (Wildman–Crippen MR) is 246 cm³/mol. The van der Waals surface area contributed by atoms with Crippen LogP contribution in [0.4, 0.5) is 0 Å². The maximum Gasteiger partial charge on any atom is 0.324 e. The van der Waals surface area contributed by atoms with E-state index >= 15 is 0 Å². The third-order valence-electron chi connectivity index (χ3n) is 13.9. The van der Waals surface area contributed by atoms with Crippen molar-refractivity contribution < 1.29 is 28.7 Å². The summed E-state index contributed by atoms with van der Waals surface area (Å²) in [5.41, 5.74) is 10.2. The van der Waals surface area contributed by atoms with Crippen LogP contribution in [0.1, 0.15) is 90.0 Å². The Kier molecular flexibility index (Phi) is 12.3. The van der Waals surface area contributed by atoms with Crippen molar-refractivity contribution in [2.75, 3.05) is 32.8 Å². The molecule has 2 aromatic heterocycles. The summed E-state index contributed by atoms with van der Waals surface area (Å²) in [5.74, 6) is -1.65. The number of likely N-dealkylation sites (tertiary alicyclic amines) is 2. The predicted octanol–water partition coefficient (Wildman–Crippen LogP) is 6.34. The average molecular weight is 870 g/mol. The number of amides is 4. The summed E-state index contributed by atoms with van der Waals surface area (Å²) >= 11 is 0. The number of carbonyl (C=O) groups excluding carboxylic acids is 5. The zero-order valence-corrected chi connectivity index (χ0v) is 38.4. The Balaban J connectivity index is 1.17. The molecule has 6 heterocycles. The number of cyclic esters (lactones) is 1. The summed E-state index contributed by atoms with van der Waals surface area (Å²) in [6, 6.07) is 16.1. The first-order chi connectivity index (χ1) is 30.5. The fourth-order valence-electron chi connectivity index (χ4n) is 10.6. The number of pyridine rings is 1. The molecule has 0 radical (unpaired) electrons. The zero-order chi connectivity index (χ0) is 45.7. The minimum absolute atomic E-state index is 0.141. The molecule has 13 heteroatoms. The highest BCUT2D eigenvalue weighted by atomic mass is 16.5. The van der Waals surface area contributed by atoms with Gasteiger partial charge in [-0.05, 0) is 96.5 Å². The first kappa shape index (κ1) is 44.8. The van der Waals surface area contributed by atoms with Crippen molar-refractivity contribution in [2.45, 2.75) is 104 Å². The molecule has 6 bridgehead atoms. The first-order valence-corrected chi connectivity index (χ1v) is 22.9. The molecule has 4 atom stereocenters. The number of fused-ring (bicyclic) bond motifs is 6. The molecular weight excluding hydrogens is 807 g/mol. The van der Waals surface area contributed by atoms with Crippen molar-refractivity contribution in [3.05, 3.63) is 90.3 Å². The number of nitrogens with zero attached hydrogens (tertiary/aromatic N) is 5. The minimum atomic E-state index is -1.02. The second-order valence-corrected chi connectivity index (χ2v) is 19.9. The SMILES string of the molecule is C=CC(=O)N1CCC2(CCN([C@H](C(=O)N[C@H]3Cc4cccc(c4)-c4ccc5c(c4)c(c(-c4cccnc4C(C)C)n5C)CC(C)(C)COC(=O)[C@@H]4CCCN(N4)C3=O)C(C)C)C2=O)C1. The molecule has 3 fully saturated rings. The van der Waals surface area contributed by atoms with Crippen LogP contribution in [0.25, 0.3) is 33.3 Å². The number of carbonyl (C=O) groups is 5. The molecule has 64 heavy (non-hydrogen) atoms. The van der Waals surface area contributed by atoms with Crippen LogP contribution in [0.15, 0.2) is 73.4 Å². The van der Waals surface area contributed by atoms with Crippen LogP contribution in [-0.2, 0) is 48.6 Å². The van der Waals surface area contributed by atoms with Crippen molar-refractivity contribution in [3.63, 3.8) is 0 Å². The number of hydrazine groups is 1. The number of nitrogens with one attached hydrogen (secondary N) is 2. The molecule has 4 aromatic rings. The summed E-state index contributed by atoms with van der Waals surface area (Å²) < 4.78 is 8.37. The molecule has 2 N–H and O–H groups in total. The maximum atomic E-state index is 14.7. The van der Waals surface area contributed by atoms with Gasteiger partial charge in [-0.3, -0.25) is 34.0 Å². The summed E-state index contributed by atoms with van der Waals surface area (Å²) in [4.78, 5) is 78.1. The van der Waals surface area contributed by atoms with Crippen LogP contribution in [-0.4, -0.2) is 105 Å². The summed E-state index contributed by atoms with van der Waals surface area (Å²) in [5, 5.41) is 5.66. The molecule has 4 aliphatic heterocycles. The van der Waals surface area contributed by atoms with Crippen LogP contribution in [0.2, 0.25) is 0 Å². The Hall–Kier alpha value is -5.82. The van der Waals surface area contributed by atoms with Gasteiger partial charge in [-0.25, -0.2) is 5.43 Å². The van der Waals surface area contributed by atoms with Gasteiger partial charge in [-0.1, -0.05) is 78.5 Å². The monoisotopic (exact) mass is 869 g/mol. The standard InChI is InChI=1S/C51H63N7O6/c1-9-42(59)56-23-19-51(29-56)20-24-57(49(51)63)44(32(4)5)46(60)53-40-26-33-13-10-14-34(25-33)35-17-18-41-37(27-35)38(45(55(41)8)36-15-11-21-52-43(36)31(2)3)28-50(6,7)30-64-48(62)39-16-12-22-58(54-39)47(40)61/h9-11,13-15,17-18,21,25,27,31-32,39-40,44,54H,1,12,16,19-20,22-24,26,28-30H2,2-8H3,(H,53,60)/t39-,40-,44-,51?/m0/s1. The fraction of sp³-hybridized carbons (Fsp3) is 0.490. The quantitative estimate of drug-likeness (QED) is 0.162. The lowest BCUT2D eigenvalue weighted by Gasteiger charge is -2.37.